The topological polar surface area (TPSA) is 68.5 Å². The Bertz CT molecular complexity index is 414. The summed E-state index contributed by atoms with van der Waals surface area (Å²) in [5.41, 5.74) is 6.25. The van der Waals surface area contributed by atoms with Gasteiger partial charge in [-0.05, 0) is 19.1 Å². The average molecular weight is 249 g/mol. The highest BCUT2D eigenvalue weighted by molar-refractivity contribution is 5.78. The summed E-state index contributed by atoms with van der Waals surface area (Å²) < 4.78 is 5.92. The molecule has 98 valence electrons. The van der Waals surface area contributed by atoms with Crippen LogP contribution in [0, 0.1) is 6.92 Å². The molecule has 0 saturated carbocycles. The lowest BCUT2D eigenvalue weighted by Crippen LogP contribution is -2.44. The molecule has 5 heteroatoms. The first-order valence-corrected chi connectivity index (χ1v) is 6.27. The molecule has 0 unspecified atom stereocenters. The van der Waals surface area contributed by atoms with Crippen molar-refractivity contribution in [3.05, 3.63) is 24.0 Å². The van der Waals surface area contributed by atoms with Gasteiger partial charge >= 0.3 is 0 Å². The highest BCUT2D eigenvalue weighted by Crippen LogP contribution is 2.20. The monoisotopic (exact) mass is 249 g/mol. The Morgan fingerprint density at radius 1 is 1.56 bits per heavy atom. The van der Waals surface area contributed by atoms with Crippen LogP contribution in [0.15, 0.2) is 18.3 Å². The zero-order valence-electron chi connectivity index (χ0n) is 10.6. The van der Waals surface area contributed by atoms with E-state index in [1.54, 1.807) is 11.1 Å². The van der Waals surface area contributed by atoms with Crippen LogP contribution in [0.1, 0.15) is 18.5 Å². The van der Waals surface area contributed by atoms with Crippen LogP contribution in [-0.2, 0) is 4.79 Å². The number of hydrogen-bond donors (Lipinski definition) is 1. The fourth-order valence-electron chi connectivity index (χ4n) is 2.13. The van der Waals surface area contributed by atoms with Gasteiger partial charge in [0.05, 0.1) is 12.2 Å². The van der Waals surface area contributed by atoms with Crippen LogP contribution in [-0.4, -0.2) is 41.5 Å². The van der Waals surface area contributed by atoms with E-state index in [9.17, 15) is 4.79 Å². The number of piperidine rings is 1. The van der Waals surface area contributed by atoms with Crippen LogP contribution in [0.25, 0.3) is 0 Å². The van der Waals surface area contributed by atoms with Gasteiger partial charge in [0.25, 0.3) is 0 Å². The summed E-state index contributed by atoms with van der Waals surface area (Å²) >= 11 is 0. The first-order valence-electron chi connectivity index (χ1n) is 6.27. The Morgan fingerprint density at radius 3 is 2.89 bits per heavy atom. The third-order valence-corrected chi connectivity index (χ3v) is 3.22. The van der Waals surface area contributed by atoms with Gasteiger partial charge in [-0.2, -0.15) is 0 Å². The molecule has 2 rings (SSSR count). The highest BCUT2D eigenvalue weighted by Gasteiger charge is 2.23. The number of hydrogen-bond acceptors (Lipinski definition) is 4. The molecule has 0 spiro atoms. The zero-order valence-corrected chi connectivity index (χ0v) is 10.6. The highest BCUT2D eigenvalue weighted by atomic mass is 16.5. The number of nitrogens with zero attached hydrogens (tertiary/aromatic N) is 2. The van der Waals surface area contributed by atoms with Crippen molar-refractivity contribution in [3.63, 3.8) is 0 Å². The van der Waals surface area contributed by atoms with Gasteiger partial charge in [-0.15, -0.1) is 0 Å². The van der Waals surface area contributed by atoms with Gasteiger partial charge < -0.3 is 15.4 Å². The van der Waals surface area contributed by atoms with E-state index in [2.05, 4.69) is 4.98 Å². The van der Waals surface area contributed by atoms with Crippen molar-refractivity contribution in [1.82, 2.24) is 9.88 Å². The van der Waals surface area contributed by atoms with E-state index in [-0.39, 0.29) is 18.6 Å². The molecule has 0 atom stereocenters. The number of nitrogens with two attached hydrogens (primary N) is 1. The minimum absolute atomic E-state index is 0.0195. The Balaban J connectivity index is 1.87. The summed E-state index contributed by atoms with van der Waals surface area (Å²) in [6.45, 7) is 3.47. The van der Waals surface area contributed by atoms with Crippen molar-refractivity contribution in [2.45, 2.75) is 25.9 Å². The Morgan fingerprint density at radius 2 is 2.28 bits per heavy atom. The second-order valence-corrected chi connectivity index (χ2v) is 4.49. The lowest BCUT2D eigenvalue weighted by Gasteiger charge is -2.32. The van der Waals surface area contributed by atoms with Crippen molar-refractivity contribution < 1.29 is 9.53 Å². The molecule has 0 aromatic carbocycles. The smallest absolute Gasteiger partial charge is 0.236 e. The van der Waals surface area contributed by atoms with E-state index >= 15 is 0 Å². The maximum Gasteiger partial charge on any atom is 0.236 e. The minimum atomic E-state index is 0.0195. The first-order chi connectivity index (χ1) is 8.70. The fraction of sp³-hybridized carbons (Fsp3) is 0.538. The number of rotatable bonds is 3. The zero-order chi connectivity index (χ0) is 13.0. The van der Waals surface area contributed by atoms with E-state index in [0.717, 1.165) is 37.4 Å². The SMILES string of the molecule is Cc1ncccc1OC1CCN(C(=O)CN)CC1. The molecular weight excluding hydrogens is 230 g/mol. The summed E-state index contributed by atoms with van der Waals surface area (Å²) in [7, 11) is 0. The molecule has 1 aliphatic heterocycles. The molecule has 18 heavy (non-hydrogen) atoms. The van der Waals surface area contributed by atoms with E-state index in [4.69, 9.17) is 10.5 Å². The van der Waals surface area contributed by atoms with Crippen LogP contribution in [0.3, 0.4) is 0 Å². The second kappa shape index (κ2) is 5.82. The van der Waals surface area contributed by atoms with E-state index in [0.29, 0.717) is 0 Å². The van der Waals surface area contributed by atoms with Gasteiger partial charge in [0.15, 0.2) is 0 Å². The molecule has 2 N–H and O–H groups in total. The standard InChI is InChI=1S/C13H19N3O2/c1-10-12(3-2-6-15-10)18-11-4-7-16(8-5-11)13(17)9-14/h2-3,6,11H,4-5,7-9,14H2,1H3. The van der Waals surface area contributed by atoms with Gasteiger partial charge in [-0.25, -0.2) is 0 Å². The molecule has 1 aromatic heterocycles. The fourth-order valence-corrected chi connectivity index (χ4v) is 2.13. The van der Waals surface area contributed by atoms with E-state index in [1.807, 2.05) is 19.1 Å². The largest absolute Gasteiger partial charge is 0.488 e. The van der Waals surface area contributed by atoms with Crippen molar-refractivity contribution >= 4 is 5.91 Å². The molecule has 1 fully saturated rings. The average Bonchev–Trinajstić information content (AvgIpc) is 2.41. The molecule has 1 aromatic rings. The van der Waals surface area contributed by atoms with Crippen LogP contribution in [0.2, 0.25) is 0 Å². The molecule has 1 aliphatic rings. The molecule has 5 nitrogen and oxygen atoms in total. The summed E-state index contributed by atoms with van der Waals surface area (Å²) in [5, 5.41) is 0. The maximum absolute atomic E-state index is 11.4. The Hall–Kier alpha value is -1.62. The number of aromatic nitrogens is 1. The normalized spacial score (nSPS) is 16.7. The van der Waals surface area contributed by atoms with Crippen LogP contribution in [0.4, 0.5) is 0 Å². The number of ether oxygens (including phenoxy) is 1. The Kier molecular flexibility index (Phi) is 4.15. The summed E-state index contributed by atoms with van der Waals surface area (Å²) in [5.74, 6) is 0.854. The lowest BCUT2D eigenvalue weighted by molar-refractivity contribution is -0.131. The number of carbonyl (C=O) groups is 1. The first kappa shape index (κ1) is 12.8. The number of pyridine rings is 1. The lowest BCUT2D eigenvalue weighted by atomic mass is 10.1. The molecule has 1 saturated heterocycles. The van der Waals surface area contributed by atoms with Gasteiger partial charge in [-0.3, -0.25) is 9.78 Å². The van der Waals surface area contributed by atoms with Gasteiger partial charge in [0.1, 0.15) is 11.9 Å². The molecule has 0 radical (unpaired) electrons. The third kappa shape index (κ3) is 2.98. The van der Waals surface area contributed by atoms with Crippen LogP contribution < -0.4 is 10.5 Å². The summed E-state index contributed by atoms with van der Waals surface area (Å²) in [6.07, 6.45) is 3.61. The Labute approximate surface area is 107 Å². The quantitative estimate of drug-likeness (QED) is 0.857. The van der Waals surface area contributed by atoms with Crippen LogP contribution >= 0.6 is 0 Å². The van der Waals surface area contributed by atoms with E-state index in [1.165, 1.54) is 0 Å². The van der Waals surface area contributed by atoms with Crippen molar-refractivity contribution in [1.29, 1.82) is 0 Å². The molecular formula is C13H19N3O2. The summed E-state index contributed by atoms with van der Waals surface area (Å²) in [4.78, 5) is 17.4. The van der Waals surface area contributed by atoms with Crippen molar-refractivity contribution in [2.75, 3.05) is 19.6 Å². The number of likely N-dealkylation sites (tertiary alicyclic amines) is 1. The molecule has 1 amide bonds. The minimum Gasteiger partial charge on any atom is -0.488 e. The maximum atomic E-state index is 11.4. The van der Waals surface area contributed by atoms with E-state index < -0.39 is 0 Å². The summed E-state index contributed by atoms with van der Waals surface area (Å²) in [6, 6.07) is 3.80. The third-order valence-electron chi connectivity index (χ3n) is 3.22. The number of aryl methyl sites for hydroxylation is 1. The molecule has 2 heterocycles. The van der Waals surface area contributed by atoms with Gasteiger partial charge in [-0.1, -0.05) is 0 Å². The van der Waals surface area contributed by atoms with Crippen LogP contribution in [0.5, 0.6) is 5.75 Å². The number of carbonyl (C=O) groups excluding carboxylic acids is 1. The van der Waals surface area contributed by atoms with Gasteiger partial charge in [0, 0.05) is 32.1 Å². The predicted octanol–water partition coefficient (Wildman–Crippen LogP) is 0.719. The predicted molar refractivity (Wildman–Crippen MR) is 68.3 cm³/mol. The van der Waals surface area contributed by atoms with Crippen molar-refractivity contribution in [2.24, 2.45) is 5.73 Å². The second-order valence-electron chi connectivity index (χ2n) is 4.49. The number of amides is 1. The molecule has 0 bridgehead atoms. The molecule has 0 aliphatic carbocycles. The van der Waals surface area contributed by atoms with Gasteiger partial charge in [0.2, 0.25) is 5.91 Å². The van der Waals surface area contributed by atoms with Crippen molar-refractivity contribution in [3.8, 4) is 5.75 Å².